The summed E-state index contributed by atoms with van der Waals surface area (Å²) in [5.74, 6) is 2.57. The van der Waals surface area contributed by atoms with Crippen LogP contribution in [0.4, 0.5) is 17.1 Å². The van der Waals surface area contributed by atoms with Gasteiger partial charge in [-0.25, -0.2) is 4.98 Å². The minimum absolute atomic E-state index is 0.0897. The number of amides is 1. The summed E-state index contributed by atoms with van der Waals surface area (Å²) >= 11 is 0. The number of unbranched alkanes of at least 4 members (excludes halogenated alkanes) is 1. The molecule has 1 aromatic heterocycles. The van der Waals surface area contributed by atoms with Gasteiger partial charge in [-0.05, 0) is 124 Å². The van der Waals surface area contributed by atoms with Gasteiger partial charge in [-0.2, -0.15) is 0 Å². The van der Waals surface area contributed by atoms with Gasteiger partial charge in [0.2, 0.25) is 0 Å². The smallest absolute Gasteiger partial charge is 0.262 e. The van der Waals surface area contributed by atoms with Crippen LogP contribution < -0.4 is 29.7 Å². The Morgan fingerprint density at radius 3 is 1.97 bits per heavy atom. The van der Waals surface area contributed by atoms with E-state index < -0.39 is 0 Å². The molecule has 0 radical (unpaired) electrons. The van der Waals surface area contributed by atoms with Crippen LogP contribution in [0, 0.1) is 27.7 Å². The number of aryl methyl sites for hydroxylation is 5. The van der Waals surface area contributed by atoms with E-state index in [0.29, 0.717) is 0 Å². The molecule has 1 aliphatic rings. The van der Waals surface area contributed by atoms with Crippen LogP contribution in [0.1, 0.15) is 54.5 Å². The van der Waals surface area contributed by atoms with Gasteiger partial charge in [0.1, 0.15) is 17.2 Å². The molecular weight excluding hydrogens is 827 g/mol. The lowest BCUT2D eigenvalue weighted by molar-refractivity contribution is -0.118. The highest BCUT2D eigenvalue weighted by molar-refractivity contribution is 5.95. The molecule has 1 amide bonds. The molecule has 66 heavy (non-hydrogen) atoms. The number of aromatic nitrogens is 2. The maximum atomic E-state index is 10.9. The molecule has 0 unspecified atom stereocenters. The highest BCUT2D eigenvalue weighted by Crippen LogP contribution is 2.30. The molecule has 0 aliphatic carbocycles. The van der Waals surface area contributed by atoms with E-state index in [9.17, 15) is 4.79 Å². The van der Waals surface area contributed by atoms with Gasteiger partial charge in [0.05, 0.1) is 36.8 Å². The average molecular weight is 900 g/mol. The third-order valence-corrected chi connectivity index (χ3v) is 9.71. The number of methoxy groups -OCH3 is 1. The van der Waals surface area contributed by atoms with Crippen LogP contribution in [0.3, 0.4) is 0 Å². The quantitative estimate of drug-likeness (QED) is 0.0991. The van der Waals surface area contributed by atoms with Crippen molar-refractivity contribution in [2.24, 2.45) is 0 Å². The van der Waals surface area contributed by atoms with Crippen LogP contribution in [-0.2, 0) is 17.9 Å². The van der Waals surface area contributed by atoms with Crippen LogP contribution in [0.5, 0.6) is 17.2 Å². The fourth-order valence-electron chi connectivity index (χ4n) is 6.04. The third kappa shape index (κ3) is 20.3. The van der Waals surface area contributed by atoms with Crippen LogP contribution in [0.25, 0.3) is 11.0 Å². The van der Waals surface area contributed by atoms with Gasteiger partial charge < -0.3 is 44.5 Å². The topological polar surface area (TPSA) is 130 Å². The number of rotatable bonds is 10. The molecule has 7 aromatic rings. The summed E-state index contributed by atoms with van der Waals surface area (Å²) in [7, 11) is 7.77. The molecular formula is C55H73N5O6. The summed E-state index contributed by atoms with van der Waals surface area (Å²) < 4.78 is 18.0. The number of benzene rings is 6. The first kappa shape index (κ1) is 55.3. The summed E-state index contributed by atoms with van der Waals surface area (Å²) in [5, 5.41) is 20.1. The van der Waals surface area contributed by atoms with Crippen molar-refractivity contribution >= 4 is 34.0 Å². The summed E-state index contributed by atoms with van der Waals surface area (Å²) in [5.41, 5.74) is 11.6. The van der Waals surface area contributed by atoms with Crippen molar-refractivity contribution in [1.29, 1.82) is 0 Å². The van der Waals surface area contributed by atoms with Crippen molar-refractivity contribution in [2.45, 2.75) is 67.5 Å². The lowest BCUT2D eigenvalue weighted by Gasteiger charge is -2.19. The van der Waals surface area contributed by atoms with E-state index >= 15 is 0 Å². The Kier molecular flexibility index (Phi) is 26.8. The lowest BCUT2D eigenvalue weighted by atomic mass is 10.2. The summed E-state index contributed by atoms with van der Waals surface area (Å²) in [6.07, 6.45) is 4.20. The third-order valence-electron chi connectivity index (χ3n) is 9.71. The molecule has 0 bridgehead atoms. The number of para-hydroxylation sites is 3. The zero-order valence-electron chi connectivity index (χ0n) is 41.0. The van der Waals surface area contributed by atoms with Crippen LogP contribution in [0.2, 0.25) is 0 Å². The van der Waals surface area contributed by atoms with Gasteiger partial charge in [0.15, 0.2) is 6.61 Å². The Bertz CT molecular complexity index is 2360. The van der Waals surface area contributed by atoms with Crippen molar-refractivity contribution in [3.63, 3.8) is 0 Å². The summed E-state index contributed by atoms with van der Waals surface area (Å²) in [6.45, 7) is 15.3. The Morgan fingerprint density at radius 1 is 0.742 bits per heavy atom. The van der Waals surface area contributed by atoms with Crippen molar-refractivity contribution in [3.05, 3.63) is 174 Å². The number of ether oxygens (including phenoxy) is 3. The predicted octanol–water partition coefficient (Wildman–Crippen LogP) is 11.4. The monoisotopic (exact) mass is 900 g/mol. The number of aliphatic hydroxyl groups is 2. The van der Waals surface area contributed by atoms with E-state index in [1.165, 1.54) is 39.9 Å². The molecule has 0 fully saturated rings. The maximum absolute atomic E-state index is 10.9. The van der Waals surface area contributed by atoms with Gasteiger partial charge in [-0.1, -0.05) is 97.3 Å². The first-order chi connectivity index (χ1) is 32.0. The minimum Gasteiger partial charge on any atom is -0.497 e. The summed E-state index contributed by atoms with van der Waals surface area (Å²) in [6, 6.07) is 47.0. The van der Waals surface area contributed by atoms with Crippen LogP contribution in [0.15, 0.2) is 146 Å². The maximum Gasteiger partial charge on any atom is 0.262 e. The molecule has 0 saturated heterocycles. The number of nitrogens with zero attached hydrogens (tertiary/aromatic N) is 3. The fourth-order valence-corrected chi connectivity index (χ4v) is 6.04. The zero-order valence-corrected chi connectivity index (χ0v) is 41.0. The van der Waals surface area contributed by atoms with Crippen molar-refractivity contribution in [1.82, 2.24) is 9.55 Å². The first-order valence-electron chi connectivity index (χ1n) is 22.2. The summed E-state index contributed by atoms with van der Waals surface area (Å²) in [4.78, 5) is 17.3. The van der Waals surface area contributed by atoms with Crippen molar-refractivity contribution < 1.29 is 29.2 Å². The number of anilines is 3. The number of aliphatic hydroxyl groups excluding tert-OH is 2. The highest BCUT2D eigenvalue weighted by atomic mass is 16.5. The molecule has 11 nitrogen and oxygen atoms in total. The molecule has 2 heterocycles. The Morgan fingerprint density at radius 2 is 1.36 bits per heavy atom. The molecule has 0 spiro atoms. The van der Waals surface area contributed by atoms with Crippen molar-refractivity contribution in [3.8, 4) is 17.2 Å². The Labute approximate surface area is 394 Å². The molecule has 0 saturated carbocycles. The van der Waals surface area contributed by atoms with Gasteiger partial charge in [0.25, 0.3) is 5.91 Å². The second-order valence-electron chi connectivity index (χ2n) is 15.1. The molecule has 8 rings (SSSR count). The second kappa shape index (κ2) is 31.9. The van der Waals surface area contributed by atoms with E-state index in [0.717, 1.165) is 80.0 Å². The van der Waals surface area contributed by atoms with E-state index in [4.69, 9.17) is 24.4 Å². The Hall–Kier alpha value is -6.82. The normalized spacial score (nSPS) is 10.4. The number of imidazole rings is 1. The average Bonchev–Trinajstić information content (AvgIpc) is 3.77. The van der Waals surface area contributed by atoms with Crippen molar-refractivity contribution in [2.75, 3.05) is 64.2 Å². The van der Waals surface area contributed by atoms with Gasteiger partial charge in [-0.15, -0.1) is 0 Å². The molecule has 4 N–H and O–H groups in total. The van der Waals surface area contributed by atoms with Gasteiger partial charge in [-0.3, -0.25) is 4.79 Å². The van der Waals surface area contributed by atoms with Gasteiger partial charge >= 0.3 is 0 Å². The fraction of sp³-hybridized carbons (Fsp3) is 0.309. The molecule has 0 atom stereocenters. The molecule has 6 aromatic carbocycles. The Balaban J connectivity index is 0.000000281. The number of hydrogen-bond acceptors (Lipinski definition) is 9. The zero-order chi connectivity index (χ0) is 48.7. The molecule has 354 valence electrons. The standard InChI is InChI=1S/C15H17NO.C11H16O.C9H10N2.C9H9NO2.C9H13N.2CH4O/c1-12-4-3-5-14(10-12)16-11-13-6-8-15(17-2)9-7-13;1-3-4-9-12-11-7-5-10(2)6-8-11;1-2-11-7-10-8-5-3-4-6-9(8)11;1-6-3-2-4-7-9(6)12-5-8(11)10-7;1-8-4-6-9(7-5-8)10(2)3;2*1-2/h3-10,16H,11H2,1-2H3;5-8H,3-4,9H2,1-2H3;3-7H,2H2,1H3;2-4H,5H2,1H3,(H,10,11);4-7H,1-3H3;2*2H,1H3. The van der Waals surface area contributed by atoms with E-state index in [-0.39, 0.29) is 12.5 Å². The first-order valence-corrected chi connectivity index (χ1v) is 22.2. The number of hydrogen-bond donors (Lipinski definition) is 4. The van der Waals surface area contributed by atoms with Crippen LogP contribution in [-0.4, -0.2) is 74.3 Å². The van der Waals surface area contributed by atoms with E-state index in [1.54, 1.807) is 7.11 Å². The number of carbonyl (C=O) groups is 1. The predicted molar refractivity (Wildman–Crippen MR) is 276 cm³/mol. The van der Waals surface area contributed by atoms with E-state index in [1.807, 2.05) is 88.0 Å². The molecule has 11 heteroatoms. The van der Waals surface area contributed by atoms with E-state index in [2.05, 4.69) is 139 Å². The largest absolute Gasteiger partial charge is 0.497 e. The van der Waals surface area contributed by atoms with Crippen LogP contribution >= 0.6 is 0 Å². The van der Waals surface area contributed by atoms with Gasteiger partial charge in [0, 0.05) is 52.8 Å². The second-order valence-corrected chi connectivity index (χ2v) is 15.1. The number of carbonyl (C=O) groups excluding carboxylic acids is 1. The highest BCUT2D eigenvalue weighted by Gasteiger charge is 2.16. The SMILES string of the molecule is CCCCOc1ccc(C)cc1.CCn1cnc2ccccc21.CO.CO.COc1ccc(CNc2cccc(C)c2)cc1.Cc1ccc(N(C)C)cc1.Cc1cccc2c1OCC(=O)N2. The number of nitrogens with one attached hydrogen (secondary N) is 2. The minimum atomic E-state index is -0.0897. The lowest BCUT2D eigenvalue weighted by Crippen LogP contribution is -2.25. The number of fused-ring (bicyclic) bond motifs is 2. The molecule has 1 aliphatic heterocycles.